The molecule has 0 bridgehead atoms. The van der Waals surface area contributed by atoms with Gasteiger partial charge in [-0.2, -0.15) is 0 Å². The van der Waals surface area contributed by atoms with Crippen molar-refractivity contribution in [3.05, 3.63) is 35.9 Å². The Morgan fingerprint density at radius 1 is 1.36 bits per heavy atom. The molecule has 124 valence electrons. The third-order valence-corrected chi connectivity index (χ3v) is 4.24. The summed E-state index contributed by atoms with van der Waals surface area (Å²) >= 11 is 0. The van der Waals surface area contributed by atoms with Gasteiger partial charge < -0.3 is 16.2 Å². The zero-order chi connectivity index (χ0) is 15.2. The van der Waals surface area contributed by atoms with E-state index in [9.17, 15) is 9.90 Å². The lowest BCUT2D eigenvalue weighted by molar-refractivity contribution is -0.126. The van der Waals surface area contributed by atoms with Gasteiger partial charge in [0.1, 0.15) is 0 Å². The van der Waals surface area contributed by atoms with E-state index >= 15 is 0 Å². The van der Waals surface area contributed by atoms with Crippen molar-refractivity contribution >= 4 is 18.3 Å². The molecule has 5 heteroatoms. The monoisotopic (exact) mass is 326 g/mol. The zero-order valence-corrected chi connectivity index (χ0v) is 13.9. The van der Waals surface area contributed by atoms with Gasteiger partial charge in [-0.15, -0.1) is 12.4 Å². The van der Waals surface area contributed by atoms with Gasteiger partial charge in [0, 0.05) is 18.0 Å². The van der Waals surface area contributed by atoms with Crippen LogP contribution in [0.25, 0.3) is 0 Å². The minimum absolute atomic E-state index is 0. The van der Waals surface area contributed by atoms with Crippen molar-refractivity contribution in [2.24, 2.45) is 11.7 Å². The third kappa shape index (κ3) is 5.59. The minimum atomic E-state index is -0.546. The topological polar surface area (TPSA) is 75.3 Å². The van der Waals surface area contributed by atoms with Crippen LogP contribution in [0, 0.1) is 5.92 Å². The Labute approximate surface area is 138 Å². The first-order valence-corrected chi connectivity index (χ1v) is 7.85. The predicted molar refractivity (Wildman–Crippen MR) is 90.8 cm³/mol. The van der Waals surface area contributed by atoms with Crippen LogP contribution in [0.4, 0.5) is 0 Å². The first kappa shape index (κ1) is 18.9. The highest BCUT2D eigenvalue weighted by Crippen LogP contribution is 2.24. The third-order valence-electron chi connectivity index (χ3n) is 4.24. The first-order valence-electron chi connectivity index (χ1n) is 7.85. The van der Waals surface area contributed by atoms with Gasteiger partial charge in [-0.05, 0) is 38.2 Å². The Morgan fingerprint density at radius 2 is 2.05 bits per heavy atom. The van der Waals surface area contributed by atoms with Gasteiger partial charge in [0.2, 0.25) is 5.91 Å². The highest BCUT2D eigenvalue weighted by Gasteiger charge is 2.26. The number of aliphatic hydroxyl groups is 1. The molecule has 22 heavy (non-hydrogen) atoms. The highest BCUT2D eigenvalue weighted by atomic mass is 35.5. The number of nitrogens with one attached hydrogen (secondary N) is 1. The summed E-state index contributed by atoms with van der Waals surface area (Å²) in [7, 11) is 0. The van der Waals surface area contributed by atoms with Crippen molar-refractivity contribution in [1.29, 1.82) is 0 Å². The van der Waals surface area contributed by atoms with E-state index < -0.39 is 6.10 Å². The average Bonchev–Trinajstić information content (AvgIpc) is 2.48. The molecule has 1 aliphatic carbocycles. The fraction of sp³-hybridized carbons (Fsp3) is 0.588. The Bertz CT molecular complexity index is 455. The molecule has 0 spiro atoms. The van der Waals surface area contributed by atoms with Gasteiger partial charge in [0.05, 0.1) is 6.10 Å². The molecule has 0 aromatic heterocycles. The number of rotatable bonds is 5. The first-order chi connectivity index (χ1) is 10.1. The molecule has 1 fully saturated rings. The van der Waals surface area contributed by atoms with Gasteiger partial charge in [-0.1, -0.05) is 36.8 Å². The summed E-state index contributed by atoms with van der Waals surface area (Å²) in [5.41, 5.74) is 6.82. The lowest BCUT2D eigenvalue weighted by Crippen LogP contribution is -2.41. The maximum Gasteiger partial charge on any atom is 0.223 e. The fourth-order valence-electron chi connectivity index (χ4n) is 3.03. The maximum atomic E-state index is 12.2. The van der Waals surface area contributed by atoms with E-state index in [2.05, 4.69) is 5.32 Å². The molecular weight excluding hydrogens is 300 g/mol. The smallest absolute Gasteiger partial charge is 0.223 e. The Kier molecular flexibility index (Phi) is 7.87. The molecule has 0 aliphatic heterocycles. The fourth-order valence-corrected chi connectivity index (χ4v) is 3.03. The summed E-state index contributed by atoms with van der Waals surface area (Å²) in [5, 5.41) is 13.2. The lowest BCUT2D eigenvalue weighted by atomic mass is 9.85. The number of halogens is 1. The van der Waals surface area contributed by atoms with Gasteiger partial charge in [0.25, 0.3) is 0 Å². The van der Waals surface area contributed by atoms with Gasteiger partial charge in [-0.25, -0.2) is 0 Å². The number of carbonyl (C=O) groups is 1. The molecule has 0 radical (unpaired) electrons. The molecule has 4 unspecified atom stereocenters. The summed E-state index contributed by atoms with van der Waals surface area (Å²) < 4.78 is 0. The maximum absolute atomic E-state index is 12.2. The Morgan fingerprint density at radius 3 is 2.68 bits per heavy atom. The van der Waals surface area contributed by atoms with Crippen LogP contribution >= 0.6 is 12.4 Å². The van der Waals surface area contributed by atoms with Crippen molar-refractivity contribution in [3.63, 3.8) is 0 Å². The minimum Gasteiger partial charge on any atom is -0.388 e. The van der Waals surface area contributed by atoms with Crippen LogP contribution in [-0.4, -0.2) is 23.1 Å². The molecule has 1 saturated carbocycles. The molecule has 4 nitrogen and oxygen atoms in total. The number of carbonyl (C=O) groups excluding carboxylic acids is 1. The van der Waals surface area contributed by atoms with E-state index in [1.807, 2.05) is 37.3 Å². The van der Waals surface area contributed by atoms with Gasteiger partial charge in [-0.3, -0.25) is 4.79 Å². The molecule has 4 N–H and O–H groups in total. The number of amides is 1. The standard InChI is InChI=1S/C17H26N2O2.ClH/c1-12(10-16(20)13-6-3-2-4-7-13)19-17(21)14-8-5-9-15(18)11-14;/h2-4,6-7,12,14-16,20H,5,8-11,18H2,1H3,(H,19,21);1H. The number of hydrogen-bond donors (Lipinski definition) is 3. The van der Waals surface area contributed by atoms with Crippen LogP contribution < -0.4 is 11.1 Å². The molecule has 1 amide bonds. The molecular formula is C17H27ClN2O2. The second-order valence-corrected chi connectivity index (χ2v) is 6.20. The summed E-state index contributed by atoms with van der Waals surface area (Å²) in [6.45, 7) is 1.94. The van der Waals surface area contributed by atoms with Crippen LogP contribution in [0.3, 0.4) is 0 Å². The number of nitrogens with two attached hydrogens (primary N) is 1. The molecule has 1 aromatic carbocycles. The van der Waals surface area contributed by atoms with Crippen LogP contribution in [0.15, 0.2) is 30.3 Å². The quantitative estimate of drug-likeness (QED) is 0.778. The Balaban J connectivity index is 0.00000242. The number of benzene rings is 1. The van der Waals surface area contributed by atoms with Crippen LogP contribution in [-0.2, 0) is 4.79 Å². The molecule has 0 heterocycles. The van der Waals surface area contributed by atoms with Crippen molar-refractivity contribution in [1.82, 2.24) is 5.32 Å². The van der Waals surface area contributed by atoms with E-state index in [0.29, 0.717) is 6.42 Å². The van der Waals surface area contributed by atoms with E-state index in [1.165, 1.54) is 0 Å². The molecule has 1 aliphatic rings. The molecule has 0 saturated heterocycles. The average molecular weight is 327 g/mol. The summed E-state index contributed by atoms with van der Waals surface area (Å²) in [5.74, 6) is 0.114. The number of aliphatic hydroxyl groups excluding tert-OH is 1. The SMILES string of the molecule is CC(CC(O)c1ccccc1)NC(=O)C1CCCC(N)C1.Cl. The predicted octanol–water partition coefficient (Wildman–Crippen LogP) is 2.55. The highest BCUT2D eigenvalue weighted by molar-refractivity contribution is 5.85. The van der Waals surface area contributed by atoms with Gasteiger partial charge >= 0.3 is 0 Å². The zero-order valence-electron chi connectivity index (χ0n) is 13.1. The number of hydrogen-bond acceptors (Lipinski definition) is 3. The summed E-state index contributed by atoms with van der Waals surface area (Å²) in [6.07, 6.45) is 3.73. The van der Waals surface area contributed by atoms with Crippen molar-refractivity contribution in [2.75, 3.05) is 0 Å². The van der Waals surface area contributed by atoms with Crippen molar-refractivity contribution in [3.8, 4) is 0 Å². The molecule has 4 atom stereocenters. The Hall–Kier alpha value is -1.10. The lowest BCUT2D eigenvalue weighted by Gasteiger charge is -2.27. The summed E-state index contributed by atoms with van der Waals surface area (Å²) in [6, 6.07) is 9.65. The second kappa shape index (κ2) is 9.13. The van der Waals surface area contributed by atoms with E-state index in [1.54, 1.807) is 0 Å². The molecule has 2 rings (SSSR count). The van der Waals surface area contributed by atoms with E-state index in [-0.39, 0.29) is 36.3 Å². The van der Waals surface area contributed by atoms with Crippen molar-refractivity contribution < 1.29 is 9.90 Å². The normalized spacial score (nSPS) is 24.0. The van der Waals surface area contributed by atoms with Gasteiger partial charge in [0.15, 0.2) is 0 Å². The van der Waals surface area contributed by atoms with Crippen LogP contribution in [0.1, 0.15) is 50.7 Å². The van der Waals surface area contributed by atoms with E-state index in [0.717, 1.165) is 31.2 Å². The van der Waals surface area contributed by atoms with Crippen LogP contribution in [0.2, 0.25) is 0 Å². The van der Waals surface area contributed by atoms with Crippen LogP contribution in [0.5, 0.6) is 0 Å². The van der Waals surface area contributed by atoms with E-state index in [4.69, 9.17) is 5.73 Å². The van der Waals surface area contributed by atoms with Crippen molar-refractivity contribution in [2.45, 2.75) is 57.2 Å². The second-order valence-electron chi connectivity index (χ2n) is 6.20. The summed E-state index contributed by atoms with van der Waals surface area (Å²) in [4.78, 5) is 12.2. The molecule has 1 aromatic rings. The largest absolute Gasteiger partial charge is 0.388 e.